The molecule has 1 heterocycles. The van der Waals surface area contributed by atoms with Crippen molar-refractivity contribution in [2.24, 2.45) is 0 Å². The number of nitrogens with zero attached hydrogens (tertiary/aromatic N) is 4. The fraction of sp³-hybridized carbons (Fsp3) is 0.300. The molecule has 0 bridgehead atoms. The molecule has 1 atom stereocenters. The van der Waals surface area contributed by atoms with Crippen molar-refractivity contribution >= 4 is 23.4 Å². The van der Waals surface area contributed by atoms with Crippen molar-refractivity contribution in [3.05, 3.63) is 54.1 Å². The van der Waals surface area contributed by atoms with Gasteiger partial charge in [0, 0.05) is 5.69 Å². The highest BCUT2D eigenvalue weighted by atomic mass is 32.2. The van der Waals surface area contributed by atoms with Crippen LogP contribution in [0.15, 0.2) is 53.7 Å². The van der Waals surface area contributed by atoms with Crippen molar-refractivity contribution in [1.82, 2.24) is 20.2 Å². The Bertz CT molecular complexity index is 940. The van der Waals surface area contributed by atoms with Crippen LogP contribution in [0.1, 0.15) is 32.3 Å². The molecule has 1 N–H and O–H groups in total. The van der Waals surface area contributed by atoms with Crippen LogP contribution < -0.4 is 10.1 Å². The minimum Gasteiger partial charge on any atom is -0.497 e. The zero-order chi connectivity index (χ0) is 20.1. The summed E-state index contributed by atoms with van der Waals surface area (Å²) >= 11 is 1.31. The van der Waals surface area contributed by atoms with Gasteiger partial charge in [-0.15, -0.1) is 5.10 Å². The maximum atomic E-state index is 12.7. The zero-order valence-corrected chi connectivity index (χ0v) is 17.1. The number of carbonyl (C=O) groups is 1. The predicted molar refractivity (Wildman–Crippen MR) is 110 cm³/mol. The van der Waals surface area contributed by atoms with Crippen LogP contribution in [0.5, 0.6) is 5.75 Å². The maximum Gasteiger partial charge on any atom is 0.237 e. The molecule has 3 aromatic rings. The number of thioether (sulfide) groups is 1. The van der Waals surface area contributed by atoms with E-state index in [9.17, 15) is 4.79 Å². The summed E-state index contributed by atoms with van der Waals surface area (Å²) in [5.74, 6) is 0.979. The number of tetrazole rings is 1. The van der Waals surface area contributed by atoms with Crippen LogP contribution in [0.4, 0.5) is 5.69 Å². The zero-order valence-electron chi connectivity index (χ0n) is 16.3. The number of hydrogen-bond acceptors (Lipinski definition) is 6. The minimum atomic E-state index is -0.372. The minimum absolute atomic E-state index is 0.0950. The number of amides is 1. The van der Waals surface area contributed by atoms with Gasteiger partial charge < -0.3 is 10.1 Å². The Morgan fingerprint density at radius 2 is 1.82 bits per heavy atom. The van der Waals surface area contributed by atoms with Gasteiger partial charge in [0.2, 0.25) is 11.1 Å². The SMILES string of the molecule is COc1ccc(-n2nnnc2S[C@@H](C)C(=O)Nc2ccccc2C(C)C)cc1. The van der Waals surface area contributed by atoms with Gasteiger partial charge in [0.1, 0.15) is 5.75 Å². The summed E-state index contributed by atoms with van der Waals surface area (Å²) in [7, 11) is 1.62. The topological polar surface area (TPSA) is 81.9 Å². The molecule has 0 radical (unpaired) electrons. The Kier molecular flexibility index (Phi) is 6.30. The third-order valence-electron chi connectivity index (χ3n) is 4.25. The van der Waals surface area contributed by atoms with Crippen LogP contribution in [0, 0.1) is 0 Å². The van der Waals surface area contributed by atoms with Gasteiger partial charge in [-0.3, -0.25) is 4.79 Å². The lowest BCUT2D eigenvalue weighted by molar-refractivity contribution is -0.115. The normalized spacial score (nSPS) is 12.0. The lowest BCUT2D eigenvalue weighted by Crippen LogP contribution is -2.23. The van der Waals surface area contributed by atoms with Gasteiger partial charge in [-0.2, -0.15) is 4.68 Å². The number of hydrogen-bond donors (Lipinski definition) is 1. The smallest absolute Gasteiger partial charge is 0.237 e. The van der Waals surface area contributed by atoms with Gasteiger partial charge in [0.25, 0.3) is 0 Å². The van der Waals surface area contributed by atoms with Crippen molar-refractivity contribution < 1.29 is 9.53 Å². The predicted octanol–water partition coefficient (Wildman–Crippen LogP) is 3.91. The summed E-state index contributed by atoms with van der Waals surface area (Å²) in [4.78, 5) is 12.7. The van der Waals surface area contributed by atoms with Crippen LogP contribution in [0.25, 0.3) is 5.69 Å². The molecule has 0 unspecified atom stereocenters. The summed E-state index contributed by atoms with van der Waals surface area (Å²) in [6.45, 7) is 6.05. The van der Waals surface area contributed by atoms with Crippen LogP contribution >= 0.6 is 11.8 Å². The molecule has 7 nitrogen and oxygen atoms in total. The summed E-state index contributed by atoms with van der Waals surface area (Å²) < 4.78 is 6.78. The lowest BCUT2D eigenvalue weighted by atomic mass is 10.0. The molecule has 1 aromatic heterocycles. The van der Waals surface area contributed by atoms with Crippen molar-refractivity contribution in [1.29, 1.82) is 0 Å². The van der Waals surface area contributed by atoms with Gasteiger partial charge in [0.15, 0.2) is 0 Å². The van der Waals surface area contributed by atoms with E-state index in [0.29, 0.717) is 11.1 Å². The Labute approximate surface area is 168 Å². The van der Waals surface area contributed by atoms with E-state index in [1.807, 2.05) is 55.5 Å². The molecular formula is C20H23N5O2S. The molecule has 2 aromatic carbocycles. The fourth-order valence-corrected chi connectivity index (χ4v) is 3.51. The molecule has 0 saturated heterocycles. The molecule has 146 valence electrons. The van der Waals surface area contributed by atoms with Gasteiger partial charge >= 0.3 is 0 Å². The first-order valence-corrected chi connectivity index (χ1v) is 9.86. The fourth-order valence-electron chi connectivity index (χ4n) is 2.70. The molecule has 1 amide bonds. The van der Waals surface area contributed by atoms with E-state index in [2.05, 4.69) is 34.7 Å². The molecule has 0 saturated carbocycles. The molecule has 28 heavy (non-hydrogen) atoms. The first-order chi connectivity index (χ1) is 13.5. The van der Waals surface area contributed by atoms with E-state index in [-0.39, 0.29) is 11.2 Å². The van der Waals surface area contributed by atoms with Crippen molar-refractivity contribution in [2.45, 2.75) is 37.1 Å². The average Bonchev–Trinajstić information content (AvgIpc) is 3.16. The van der Waals surface area contributed by atoms with Crippen LogP contribution in [0.3, 0.4) is 0 Å². The molecule has 0 aliphatic rings. The third-order valence-corrected chi connectivity index (χ3v) is 5.28. The van der Waals surface area contributed by atoms with E-state index >= 15 is 0 Å². The first-order valence-electron chi connectivity index (χ1n) is 8.99. The number of rotatable bonds is 7. The maximum absolute atomic E-state index is 12.7. The second-order valence-corrected chi connectivity index (χ2v) is 7.87. The highest BCUT2D eigenvalue weighted by molar-refractivity contribution is 8.00. The number of ether oxygens (including phenoxy) is 1. The third kappa shape index (κ3) is 4.51. The number of aromatic nitrogens is 4. The molecule has 8 heteroatoms. The van der Waals surface area contributed by atoms with E-state index < -0.39 is 0 Å². The van der Waals surface area contributed by atoms with Crippen LogP contribution in [-0.2, 0) is 4.79 Å². The summed E-state index contributed by atoms with van der Waals surface area (Å²) in [6, 6.07) is 15.3. The Hall–Kier alpha value is -2.87. The van der Waals surface area contributed by atoms with E-state index in [4.69, 9.17) is 4.74 Å². The van der Waals surface area contributed by atoms with Gasteiger partial charge in [-0.25, -0.2) is 0 Å². The second kappa shape index (κ2) is 8.88. The first kappa shape index (κ1) is 19.9. The van der Waals surface area contributed by atoms with Crippen LogP contribution in [-0.4, -0.2) is 38.5 Å². The Balaban J connectivity index is 1.72. The number of benzene rings is 2. The number of para-hydroxylation sites is 1. The lowest BCUT2D eigenvalue weighted by Gasteiger charge is -2.16. The molecule has 0 aliphatic heterocycles. The van der Waals surface area contributed by atoms with Crippen LogP contribution in [0.2, 0.25) is 0 Å². The number of anilines is 1. The van der Waals surface area contributed by atoms with E-state index in [1.54, 1.807) is 11.8 Å². The molecule has 0 aliphatic carbocycles. The highest BCUT2D eigenvalue weighted by Crippen LogP contribution is 2.27. The van der Waals surface area contributed by atoms with Crippen molar-refractivity contribution in [3.63, 3.8) is 0 Å². The Morgan fingerprint density at radius 3 is 2.50 bits per heavy atom. The largest absolute Gasteiger partial charge is 0.497 e. The number of nitrogens with one attached hydrogen (secondary N) is 1. The van der Waals surface area contributed by atoms with Gasteiger partial charge in [0.05, 0.1) is 18.0 Å². The van der Waals surface area contributed by atoms with Crippen molar-refractivity contribution in [3.8, 4) is 11.4 Å². The van der Waals surface area contributed by atoms with Gasteiger partial charge in [-0.05, 0) is 59.2 Å². The standard InChI is InChI=1S/C20H23N5O2S/c1-13(2)17-7-5-6-8-18(17)21-19(26)14(3)28-20-22-23-24-25(20)15-9-11-16(27-4)12-10-15/h5-14H,1-4H3,(H,21,26)/t14-/m0/s1. The highest BCUT2D eigenvalue weighted by Gasteiger charge is 2.20. The van der Waals surface area contributed by atoms with Gasteiger partial charge in [-0.1, -0.05) is 43.8 Å². The molecule has 3 rings (SSSR count). The monoisotopic (exact) mass is 397 g/mol. The van der Waals surface area contributed by atoms with E-state index in [0.717, 1.165) is 22.7 Å². The number of methoxy groups -OCH3 is 1. The Morgan fingerprint density at radius 1 is 1.11 bits per heavy atom. The summed E-state index contributed by atoms with van der Waals surface area (Å²) in [5, 5.41) is 15.1. The molecule has 0 fully saturated rings. The second-order valence-electron chi connectivity index (χ2n) is 6.56. The number of carbonyl (C=O) groups excluding carboxylic acids is 1. The quantitative estimate of drug-likeness (QED) is 0.609. The summed E-state index contributed by atoms with van der Waals surface area (Å²) in [5.41, 5.74) is 2.74. The van der Waals surface area contributed by atoms with Crippen molar-refractivity contribution in [2.75, 3.05) is 12.4 Å². The summed E-state index contributed by atoms with van der Waals surface area (Å²) in [6.07, 6.45) is 0. The molecular weight excluding hydrogens is 374 g/mol. The van der Waals surface area contributed by atoms with E-state index in [1.165, 1.54) is 11.8 Å². The molecule has 0 spiro atoms. The average molecular weight is 398 g/mol.